The Morgan fingerprint density at radius 1 is 1.36 bits per heavy atom. The lowest BCUT2D eigenvalue weighted by Crippen LogP contribution is -2.46. The molecule has 1 aromatic carbocycles. The summed E-state index contributed by atoms with van der Waals surface area (Å²) in [5, 5.41) is 12.5. The first-order valence-corrected chi connectivity index (χ1v) is 8.25. The number of aliphatic hydroxyl groups is 1. The Labute approximate surface area is 131 Å². The van der Waals surface area contributed by atoms with E-state index in [0.29, 0.717) is 0 Å². The van der Waals surface area contributed by atoms with Crippen LogP contribution in [0.4, 0.5) is 0 Å². The smallest absolute Gasteiger partial charge is 0.258 e. The highest BCUT2D eigenvalue weighted by Gasteiger charge is 2.39. The highest BCUT2D eigenvalue weighted by atomic mass is 16.5. The monoisotopic (exact) mass is 303 g/mol. The number of ether oxygens (including phenoxy) is 1. The van der Waals surface area contributed by atoms with E-state index < -0.39 is 0 Å². The number of hydrogen-bond acceptors (Lipinski definition) is 3. The zero-order valence-corrected chi connectivity index (χ0v) is 13.2. The van der Waals surface area contributed by atoms with Gasteiger partial charge in [-0.25, -0.2) is 0 Å². The van der Waals surface area contributed by atoms with Gasteiger partial charge in [0.05, 0.1) is 6.61 Å². The van der Waals surface area contributed by atoms with Crippen molar-refractivity contribution in [3.63, 3.8) is 0 Å². The van der Waals surface area contributed by atoms with Crippen molar-refractivity contribution in [2.24, 2.45) is 5.41 Å². The number of amides is 1. The van der Waals surface area contributed by atoms with E-state index in [2.05, 4.69) is 17.4 Å². The molecule has 4 heteroatoms. The normalized spacial score (nSPS) is 26.7. The second-order valence-electron chi connectivity index (χ2n) is 6.90. The molecule has 2 aliphatic rings. The van der Waals surface area contributed by atoms with Crippen molar-refractivity contribution >= 4 is 5.91 Å². The number of aliphatic hydroxyl groups excluding tert-OH is 1. The van der Waals surface area contributed by atoms with Crippen molar-refractivity contribution in [3.05, 3.63) is 29.3 Å². The Balaban J connectivity index is 1.52. The van der Waals surface area contributed by atoms with Gasteiger partial charge in [0, 0.05) is 11.5 Å². The number of aryl methyl sites for hydroxylation is 2. The Hall–Kier alpha value is -1.55. The van der Waals surface area contributed by atoms with E-state index in [1.165, 1.54) is 17.5 Å². The number of fused-ring (bicyclic) bond motifs is 1. The van der Waals surface area contributed by atoms with Crippen LogP contribution in [0, 0.1) is 5.41 Å². The minimum absolute atomic E-state index is 0.0385. The summed E-state index contributed by atoms with van der Waals surface area (Å²) < 4.78 is 5.63. The van der Waals surface area contributed by atoms with Gasteiger partial charge in [0.25, 0.3) is 5.91 Å². The summed E-state index contributed by atoms with van der Waals surface area (Å²) in [5.74, 6) is 0.666. The minimum Gasteiger partial charge on any atom is -0.484 e. The third-order valence-electron chi connectivity index (χ3n) is 5.22. The number of hydrogen-bond donors (Lipinski definition) is 2. The van der Waals surface area contributed by atoms with Gasteiger partial charge in [0.1, 0.15) is 5.75 Å². The molecule has 22 heavy (non-hydrogen) atoms. The van der Waals surface area contributed by atoms with Crippen LogP contribution in [-0.4, -0.2) is 30.3 Å². The summed E-state index contributed by atoms with van der Waals surface area (Å²) in [6.45, 7) is 2.19. The third-order valence-corrected chi connectivity index (χ3v) is 5.22. The highest BCUT2D eigenvalue weighted by molar-refractivity contribution is 5.78. The van der Waals surface area contributed by atoms with Crippen molar-refractivity contribution in [1.82, 2.24) is 5.32 Å². The van der Waals surface area contributed by atoms with E-state index in [1.807, 2.05) is 13.0 Å². The van der Waals surface area contributed by atoms with Gasteiger partial charge in [0.2, 0.25) is 0 Å². The zero-order valence-electron chi connectivity index (χ0n) is 13.2. The van der Waals surface area contributed by atoms with E-state index >= 15 is 0 Å². The molecule has 1 saturated carbocycles. The molecule has 1 fully saturated rings. The lowest BCUT2D eigenvalue weighted by atomic mass is 9.86. The molecular formula is C18H25NO3. The van der Waals surface area contributed by atoms with E-state index in [4.69, 9.17) is 4.74 Å². The van der Waals surface area contributed by atoms with Crippen LogP contribution in [0.1, 0.15) is 43.7 Å². The van der Waals surface area contributed by atoms with Gasteiger partial charge in [-0.1, -0.05) is 19.4 Å². The van der Waals surface area contributed by atoms with E-state index in [0.717, 1.165) is 37.9 Å². The summed E-state index contributed by atoms with van der Waals surface area (Å²) in [5.41, 5.74) is 2.56. The molecule has 2 atom stereocenters. The molecular weight excluding hydrogens is 278 g/mol. The Morgan fingerprint density at radius 3 is 3.00 bits per heavy atom. The molecule has 2 N–H and O–H groups in total. The van der Waals surface area contributed by atoms with Crippen molar-refractivity contribution in [2.75, 3.05) is 13.2 Å². The maximum atomic E-state index is 12.1. The quantitative estimate of drug-likeness (QED) is 0.877. The summed E-state index contributed by atoms with van der Waals surface area (Å²) in [6.07, 6.45) is 6.41. The first-order chi connectivity index (χ1) is 10.6. The standard InChI is InChI=1S/C18H25NO3/c1-18(12-20)9-3-6-16(18)19-17(21)11-22-15-8-7-13-4-2-5-14(13)10-15/h7-8,10,16,20H,2-6,9,11-12H2,1H3,(H,19,21). The zero-order chi connectivity index (χ0) is 15.6. The average Bonchev–Trinajstić information content (AvgIpc) is 3.12. The Bertz CT molecular complexity index is 557. The summed E-state index contributed by atoms with van der Waals surface area (Å²) in [4.78, 5) is 12.1. The molecule has 0 aliphatic heterocycles. The first-order valence-electron chi connectivity index (χ1n) is 8.25. The number of rotatable bonds is 5. The van der Waals surface area contributed by atoms with Gasteiger partial charge < -0.3 is 15.2 Å². The molecule has 120 valence electrons. The molecule has 0 heterocycles. The molecule has 0 aromatic heterocycles. The molecule has 2 unspecified atom stereocenters. The van der Waals surface area contributed by atoms with E-state index in [9.17, 15) is 9.90 Å². The Morgan fingerprint density at radius 2 is 2.18 bits per heavy atom. The fourth-order valence-electron chi connectivity index (χ4n) is 3.69. The maximum Gasteiger partial charge on any atom is 0.258 e. The summed E-state index contributed by atoms with van der Waals surface area (Å²) in [7, 11) is 0. The molecule has 0 radical (unpaired) electrons. The Kier molecular flexibility index (Phi) is 4.39. The predicted molar refractivity (Wildman–Crippen MR) is 84.9 cm³/mol. The van der Waals surface area contributed by atoms with Gasteiger partial charge in [-0.3, -0.25) is 4.79 Å². The predicted octanol–water partition coefficient (Wildman–Crippen LogP) is 2.22. The lowest BCUT2D eigenvalue weighted by Gasteiger charge is -2.30. The van der Waals surface area contributed by atoms with Crippen LogP contribution >= 0.6 is 0 Å². The van der Waals surface area contributed by atoms with Crippen LogP contribution in [0.3, 0.4) is 0 Å². The fourth-order valence-corrected chi connectivity index (χ4v) is 3.69. The molecule has 1 amide bonds. The van der Waals surface area contributed by atoms with Gasteiger partial charge >= 0.3 is 0 Å². The number of carbonyl (C=O) groups is 1. The topological polar surface area (TPSA) is 58.6 Å². The van der Waals surface area contributed by atoms with Crippen LogP contribution < -0.4 is 10.1 Å². The maximum absolute atomic E-state index is 12.1. The molecule has 3 rings (SSSR count). The van der Waals surface area contributed by atoms with Crippen molar-refractivity contribution < 1.29 is 14.6 Å². The van der Waals surface area contributed by atoms with Gasteiger partial charge in [-0.15, -0.1) is 0 Å². The second kappa shape index (κ2) is 6.29. The van der Waals surface area contributed by atoms with Gasteiger partial charge in [-0.05, 0) is 55.4 Å². The largest absolute Gasteiger partial charge is 0.484 e. The molecule has 1 aromatic rings. The van der Waals surface area contributed by atoms with Crippen molar-refractivity contribution in [2.45, 2.75) is 51.5 Å². The average molecular weight is 303 g/mol. The van der Waals surface area contributed by atoms with Crippen LogP contribution in [0.2, 0.25) is 0 Å². The van der Waals surface area contributed by atoms with Crippen molar-refractivity contribution in [3.8, 4) is 5.75 Å². The fraction of sp³-hybridized carbons (Fsp3) is 0.611. The minimum atomic E-state index is -0.191. The lowest BCUT2D eigenvalue weighted by molar-refractivity contribution is -0.124. The molecule has 0 saturated heterocycles. The van der Waals surface area contributed by atoms with Gasteiger partial charge in [0.15, 0.2) is 6.61 Å². The third kappa shape index (κ3) is 3.12. The second-order valence-corrected chi connectivity index (χ2v) is 6.90. The van der Waals surface area contributed by atoms with Crippen LogP contribution in [0.15, 0.2) is 18.2 Å². The SMILES string of the molecule is CC1(CO)CCCC1NC(=O)COc1ccc2c(c1)CCC2. The van der Waals surface area contributed by atoms with Crippen LogP contribution in [0.5, 0.6) is 5.75 Å². The van der Waals surface area contributed by atoms with Crippen molar-refractivity contribution in [1.29, 1.82) is 0 Å². The van der Waals surface area contributed by atoms with E-state index in [1.54, 1.807) is 0 Å². The van der Waals surface area contributed by atoms with Gasteiger partial charge in [-0.2, -0.15) is 0 Å². The summed E-state index contributed by atoms with van der Waals surface area (Å²) in [6, 6.07) is 6.16. The highest BCUT2D eigenvalue weighted by Crippen LogP contribution is 2.37. The molecule has 4 nitrogen and oxygen atoms in total. The number of carbonyl (C=O) groups excluding carboxylic acids is 1. The molecule has 2 aliphatic carbocycles. The number of nitrogens with one attached hydrogen (secondary N) is 1. The molecule has 0 spiro atoms. The van der Waals surface area contributed by atoms with Crippen LogP contribution in [0.25, 0.3) is 0 Å². The van der Waals surface area contributed by atoms with Crippen LogP contribution in [-0.2, 0) is 17.6 Å². The van der Waals surface area contributed by atoms with E-state index in [-0.39, 0.29) is 30.6 Å². The summed E-state index contributed by atoms with van der Waals surface area (Å²) >= 11 is 0. The number of benzene rings is 1. The molecule has 0 bridgehead atoms. The first kappa shape index (κ1) is 15.3.